The molecule has 5 N–H and O–H groups in total. The summed E-state index contributed by atoms with van der Waals surface area (Å²) in [5.41, 5.74) is 3.55. The predicted octanol–water partition coefficient (Wildman–Crippen LogP) is 6.20. The monoisotopic (exact) mass is 676 g/mol. The fraction of sp³-hybridized carbons (Fsp3) is 0.343. The molecule has 14 heteroatoms. The van der Waals surface area contributed by atoms with Crippen molar-refractivity contribution in [2.45, 2.75) is 70.9 Å². The number of hydrogen-bond acceptors (Lipinski definition) is 8. The average molecular weight is 677 g/mol. The molecular formula is C35H39F3N8O3. The molecular weight excluding hydrogens is 637 g/mol. The number of aryl methyl sites for hydroxylation is 1. The summed E-state index contributed by atoms with van der Waals surface area (Å²) < 4.78 is 43.5. The van der Waals surface area contributed by atoms with Gasteiger partial charge < -0.3 is 31.3 Å². The summed E-state index contributed by atoms with van der Waals surface area (Å²) in [7, 11) is 0. The molecule has 0 saturated heterocycles. The average Bonchev–Trinajstić information content (AvgIpc) is 3.04. The number of nitrogens with zero attached hydrogens (tertiary/aromatic N) is 3. The number of anilines is 3. The lowest BCUT2D eigenvalue weighted by Crippen LogP contribution is -2.46. The molecule has 0 fully saturated rings. The zero-order valence-corrected chi connectivity index (χ0v) is 27.7. The lowest BCUT2D eigenvalue weighted by molar-refractivity contribution is -0.154. The van der Waals surface area contributed by atoms with Gasteiger partial charge in [0, 0.05) is 25.2 Å². The number of aromatic nitrogens is 3. The number of hydrogen-bond donors (Lipinski definition) is 5. The van der Waals surface area contributed by atoms with Gasteiger partial charge in [0.15, 0.2) is 6.61 Å². The van der Waals surface area contributed by atoms with Crippen molar-refractivity contribution in [1.29, 1.82) is 0 Å². The van der Waals surface area contributed by atoms with Crippen LogP contribution in [0.3, 0.4) is 0 Å². The highest BCUT2D eigenvalue weighted by Gasteiger charge is 2.30. The van der Waals surface area contributed by atoms with Gasteiger partial charge in [-0.2, -0.15) is 28.1 Å². The van der Waals surface area contributed by atoms with Crippen molar-refractivity contribution in [1.82, 2.24) is 30.9 Å². The molecule has 0 radical (unpaired) electrons. The normalized spacial score (nSPS) is 16.6. The minimum Gasteiger partial charge on any atom is -0.454 e. The number of rotatable bonds is 2. The highest BCUT2D eigenvalue weighted by Crippen LogP contribution is 2.27. The molecule has 4 aromatic rings. The molecule has 49 heavy (non-hydrogen) atoms. The van der Waals surface area contributed by atoms with E-state index in [1.807, 2.05) is 76.2 Å². The van der Waals surface area contributed by atoms with Crippen LogP contribution < -0.4 is 31.3 Å². The van der Waals surface area contributed by atoms with Crippen LogP contribution >= 0.6 is 0 Å². The van der Waals surface area contributed by atoms with Gasteiger partial charge in [-0.1, -0.05) is 60.7 Å². The second-order valence-corrected chi connectivity index (χ2v) is 12.8. The maximum absolute atomic E-state index is 13.0. The first-order chi connectivity index (χ1) is 23.1. The van der Waals surface area contributed by atoms with Crippen LogP contribution in [0, 0.1) is 0 Å². The van der Waals surface area contributed by atoms with E-state index in [2.05, 4.69) is 41.5 Å². The molecule has 3 aromatic carbocycles. The van der Waals surface area contributed by atoms with Crippen LogP contribution in [0.15, 0.2) is 72.8 Å². The quantitative estimate of drug-likeness (QED) is 0.169. The molecule has 8 bridgehead atoms. The lowest BCUT2D eigenvalue weighted by atomic mass is 9.87. The van der Waals surface area contributed by atoms with Crippen molar-refractivity contribution in [3.8, 4) is 6.01 Å². The molecule has 7 rings (SSSR count). The first kappa shape index (κ1) is 34.9. The van der Waals surface area contributed by atoms with Crippen molar-refractivity contribution in [2.75, 3.05) is 17.2 Å². The van der Waals surface area contributed by atoms with Gasteiger partial charge in [0.25, 0.3) is 0 Å². The fourth-order valence-electron chi connectivity index (χ4n) is 5.16. The van der Waals surface area contributed by atoms with Gasteiger partial charge in [-0.25, -0.2) is 4.79 Å². The minimum absolute atomic E-state index is 0.00961. The number of nitrogens with one attached hydrogen (secondary N) is 5. The van der Waals surface area contributed by atoms with Crippen LogP contribution in [0.1, 0.15) is 61.9 Å². The second kappa shape index (κ2) is 14.4. The minimum atomic E-state index is -4.58. The van der Waals surface area contributed by atoms with Crippen molar-refractivity contribution in [3.63, 3.8) is 0 Å². The fourth-order valence-corrected chi connectivity index (χ4v) is 5.16. The number of alkyl halides is 3. The van der Waals surface area contributed by atoms with Crippen molar-refractivity contribution in [2.24, 2.45) is 0 Å². The van der Waals surface area contributed by atoms with Crippen LogP contribution in [-0.2, 0) is 35.4 Å². The number of halogens is 3. The van der Waals surface area contributed by atoms with E-state index in [1.165, 1.54) is 0 Å². The number of carbonyl (C=O) groups excluding carboxylic acids is 2. The number of amides is 3. The molecule has 3 amide bonds. The van der Waals surface area contributed by atoms with E-state index in [4.69, 9.17) is 4.74 Å². The molecule has 0 unspecified atom stereocenters. The van der Waals surface area contributed by atoms with E-state index < -0.39 is 29.9 Å². The van der Waals surface area contributed by atoms with Gasteiger partial charge >= 0.3 is 18.2 Å². The first-order valence-corrected chi connectivity index (χ1v) is 15.7. The molecule has 258 valence electrons. The van der Waals surface area contributed by atoms with E-state index >= 15 is 0 Å². The van der Waals surface area contributed by atoms with E-state index in [-0.39, 0.29) is 43.3 Å². The molecule has 11 nitrogen and oxygen atoms in total. The number of fused-ring (bicyclic) bond motifs is 2. The SMILES string of the molecule is CC1(C)NC(=O)CCc2ccc(cc2)CNc2nc(nc(OCC(F)(F)F)n2)Nc2ccc(cc2)CNC(=O)NC(C)(C)c2cccc1c2. The Morgan fingerprint density at radius 3 is 1.94 bits per heavy atom. The maximum Gasteiger partial charge on any atom is 0.422 e. The van der Waals surface area contributed by atoms with Gasteiger partial charge in [0.05, 0.1) is 11.1 Å². The third-order valence-electron chi connectivity index (χ3n) is 7.94. The summed E-state index contributed by atoms with van der Waals surface area (Å²) in [5.74, 6) is -0.123. The van der Waals surface area contributed by atoms with E-state index in [9.17, 15) is 22.8 Å². The molecule has 1 aromatic heterocycles. The molecule has 3 aliphatic rings. The highest BCUT2D eigenvalue weighted by atomic mass is 19.4. The molecule has 0 spiro atoms. The standard InChI is InChI=1S/C35H39F3N8O3/c1-33(2)25-6-5-7-26(18-25)34(3,4)46-31(48)40-20-24-12-15-27(16-13-24)41-30-42-29(43-32(44-30)49-21-35(36,37)38)39-19-23-10-8-22(9-11-23)14-17-28(47)45-33/h5-13,15-16,18H,14,17,19-21H2,1-4H3,(H,45,47)(H2,40,46,48)(H2,39,41,42,43,44). The van der Waals surface area contributed by atoms with Crippen LogP contribution in [0.4, 0.5) is 35.5 Å². The Labute approximate surface area is 282 Å². The predicted molar refractivity (Wildman–Crippen MR) is 179 cm³/mol. The van der Waals surface area contributed by atoms with Crippen LogP contribution in [0.25, 0.3) is 0 Å². The van der Waals surface area contributed by atoms with Gasteiger partial charge in [-0.3, -0.25) is 4.79 Å². The van der Waals surface area contributed by atoms with Crippen molar-refractivity contribution < 1.29 is 27.5 Å². The summed E-state index contributed by atoms with van der Waals surface area (Å²) in [5, 5.41) is 15.0. The molecule has 4 heterocycles. The van der Waals surface area contributed by atoms with Gasteiger partial charge in [0.2, 0.25) is 17.8 Å². The second-order valence-electron chi connectivity index (χ2n) is 12.8. The van der Waals surface area contributed by atoms with E-state index in [1.54, 1.807) is 24.3 Å². The topological polar surface area (TPSA) is 142 Å². The Kier molecular flexibility index (Phi) is 10.2. The van der Waals surface area contributed by atoms with Crippen molar-refractivity contribution in [3.05, 3.63) is 101 Å². The lowest BCUT2D eigenvalue weighted by Gasteiger charge is -2.31. The van der Waals surface area contributed by atoms with Crippen LogP contribution in [0.2, 0.25) is 0 Å². The van der Waals surface area contributed by atoms with Crippen molar-refractivity contribution >= 4 is 29.5 Å². The number of urea groups is 1. The van der Waals surface area contributed by atoms with Gasteiger partial charge in [-0.05, 0) is 74.1 Å². The molecule has 0 aliphatic carbocycles. The summed E-state index contributed by atoms with van der Waals surface area (Å²) in [4.78, 5) is 38.3. The van der Waals surface area contributed by atoms with E-state index in [0.29, 0.717) is 12.1 Å². The zero-order valence-electron chi connectivity index (χ0n) is 27.7. The first-order valence-electron chi connectivity index (χ1n) is 15.7. The summed E-state index contributed by atoms with van der Waals surface area (Å²) in [6.07, 6.45) is -3.79. The number of ether oxygens (including phenoxy) is 1. The molecule has 0 atom stereocenters. The highest BCUT2D eigenvalue weighted by molar-refractivity contribution is 5.77. The zero-order chi connectivity index (χ0) is 35.2. The number of carbonyl (C=O) groups is 2. The van der Waals surface area contributed by atoms with Gasteiger partial charge in [0.1, 0.15) is 0 Å². The largest absolute Gasteiger partial charge is 0.454 e. The number of benzene rings is 3. The smallest absolute Gasteiger partial charge is 0.422 e. The van der Waals surface area contributed by atoms with Crippen LogP contribution in [0.5, 0.6) is 6.01 Å². The maximum atomic E-state index is 13.0. The Morgan fingerprint density at radius 1 is 0.714 bits per heavy atom. The van der Waals surface area contributed by atoms with E-state index in [0.717, 1.165) is 27.8 Å². The molecule has 0 saturated carbocycles. The van der Waals surface area contributed by atoms with Crippen LogP contribution in [-0.4, -0.2) is 39.7 Å². The third-order valence-corrected chi connectivity index (χ3v) is 7.94. The summed E-state index contributed by atoms with van der Waals surface area (Å²) >= 11 is 0. The Bertz CT molecular complexity index is 1780. The third kappa shape index (κ3) is 10.0. The Balaban J connectivity index is 1.40. The Hall–Kier alpha value is -5.40. The Morgan fingerprint density at radius 2 is 1.29 bits per heavy atom. The molecule has 3 aliphatic heterocycles. The summed E-state index contributed by atoms with van der Waals surface area (Å²) in [6, 6.07) is 21.6. The van der Waals surface area contributed by atoms with Gasteiger partial charge in [-0.15, -0.1) is 0 Å². The summed E-state index contributed by atoms with van der Waals surface area (Å²) in [6.45, 7) is 6.63.